The Morgan fingerprint density at radius 3 is 2.53 bits per heavy atom. The fraction of sp³-hybridized carbons (Fsp3) is 0.333. The zero-order chi connectivity index (χ0) is 14.0. The first-order chi connectivity index (χ1) is 9.04. The van der Waals surface area contributed by atoms with Crippen molar-refractivity contribution in [3.05, 3.63) is 41.3 Å². The molecule has 4 nitrogen and oxygen atoms in total. The summed E-state index contributed by atoms with van der Waals surface area (Å²) in [5, 5.41) is 0. The first-order valence-electron chi connectivity index (χ1n) is 6.27. The molecule has 0 fully saturated rings. The van der Waals surface area contributed by atoms with E-state index in [2.05, 4.69) is 16.9 Å². The molecule has 19 heavy (non-hydrogen) atoms. The van der Waals surface area contributed by atoms with Crippen LogP contribution >= 0.6 is 0 Å². The van der Waals surface area contributed by atoms with E-state index in [1.54, 1.807) is 13.3 Å². The fourth-order valence-electron chi connectivity index (χ4n) is 2.04. The summed E-state index contributed by atoms with van der Waals surface area (Å²) in [7, 11) is 1.68. The maximum atomic E-state index is 5.83. The maximum Gasteiger partial charge on any atom is 0.145 e. The molecule has 2 N–H and O–H groups in total. The molecule has 0 bridgehead atoms. The predicted octanol–water partition coefficient (Wildman–Crippen LogP) is 2.79. The Kier molecular flexibility index (Phi) is 3.81. The quantitative estimate of drug-likeness (QED) is 0.918. The molecule has 1 aromatic carbocycles. The van der Waals surface area contributed by atoms with Crippen LogP contribution in [0.3, 0.4) is 0 Å². The molecule has 0 aliphatic heterocycles. The van der Waals surface area contributed by atoms with E-state index in [1.807, 2.05) is 32.0 Å². The lowest BCUT2D eigenvalue weighted by Gasteiger charge is -2.13. The summed E-state index contributed by atoms with van der Waals surface area (Å²) in [4.78, 5) is 8.71. The van der Waals surface area contributed by atoms with Crippen molar-refractivity contribution in [1.82, 2.24) is 9.97 Å². The molecule has 1 unspecified atom stereocenters. The number of hydrogen-bond acceptors (Lipinski definition) is 4. The second-order valence-electron chi connectivity index (χ2n) is 4.65. The highest BCUT2D eigenvalue weighted by molar-refractivity contribution is 5.66. The molecule has 2 aromatic rings. The van der Waals surface area contributed by atoms with E-state index < -0.39 is 0 Å². The molecule has 0 aliphatic rings. The predicted molar refractivity (Wildman–Crippen MR) is 76.1 cm³/mol. The molecule has 1 atom stereocenters. The highest BCUT2D eigenvalue weighted by atomic mass is 16.5. The van der Waals surface area contributed by atoms with E-state index in [4.69, 9.17) is 10.5 Å². The minimum absolute atomic E-state index is 0.167. The number of nitrogens with two attached hydrogens (primary N) is 1. The van der Waals surface area contributed by atoms with Gasteiger partial charge in [0.25, 0.3) is 0 Å². The highest BCUT2D eigenvalue weighted by Crippen LogP contribution is 2.30. The first-order valence-corrected chi connectivity index (χ1v) is 6.27. The van der Waals surface area contributed by atoms with Crippen LogP contribution in [-0.4, -0.2) is 17.1 Å². The van der Waals surface area contributed by atoms with Crippen molar-refractivity contribution in [1.29, 1.82) is 0 Å². The van der Waals surface area contributed by atoms with Crippen LogP contribution in [0, 0.1) is 13.8 Å². The Morgan fingerprint density at radius 1 is 1.16 bits per heavy atom. The minimum atomic E-state index is -0.167. The molecule has 4 heteroatoms. The van der Waals surface area contributed by atoms with Gasteiger partial charge in [-0.25, -0.2) is 9.97 Å². The lowest BCUT2D eigenvalue weighted by molar-refractivity contribution is 0.411. The number of methoxy groups -OCH3 is 1. The molecule has 100 valence electrons. The van der Waals surface area contributed by atoms with Gasteiger partial charge in [-0.15, -0.1) is 0 Å². The highest BCUT2D eigenvalue weighted by Gasteiger charge is 2.11. The van der Waals surface area contributed by atoms with Crippen LogP contribution in [-0.2, 0) is 0 Å². The number of benzene rings is 1. The molecule has 0 spiro atoms. The molecule has 1 aromatic heterocycles. The van der Waals surface area contributed by atoms with E-state index in [9.17, 15) is 0 Å². The zero-order valence-electron chi connectivity index (χ0n) is 11.8. The number of ether oxygens (including phenoxy) is 1. The van der Waals surface area contributed by atoms with Crippen molar-refractivity contribution in [3.63, 3.8) is 0 Å². The Balaban J connectivity index is 2.53. The van der Waals surface area contributed by atoms with Crippen LogP contribution < -0.4 is 10.5 Å². The van der Waals surface area contributed by atoms with Gasteiger partial charge in [0.2, 0.25) is 0 Å². The molecule has 2 rings (SSSR count). The number of hydrogen-bond donors (Lipinski definition) is 1. The molecule has 0 radical (unpaired) electrons. The summed E-state index contributed by atoms with van der Waals surface area (Å²) in [6.07, 6.45) is 1.75. The van der Waals surface area contributed by atoms with Crippen LogP contribution in [0.1, 0.15) is 29.9 Å². The first kappa shape index (κ1) is 13.5. The molecule has 0 saturated carbocycles. The zero-order valence-corrected chi connectivity index (χ0v) is 11.8. The molecule has 0 amide bonds. The Morgan fingerprint density at radius 2 is 1.89 bits per heavy atom. The SMILES string of the molecule is COc1ccc(-c2ccnc(C(C)N)n2)c(C)c1C. The minimum Gasteiger partial charge on any atom is -0.496 e. The van der Waals surface area contributed by atoms with Gasteiger partial charge < -0.3 is 10.5 Å². The van der Waals surface area contributed by atoms with Gasteiger partial charge in [-0.05, 0) is 50.1 Å². The van der Waals surface area contributed by atoms with Gasteiger partial charge in [0.05, 0.1) is 18.8 Å². The standard InChI is InChI=1S/C15H19N3O/c1-9-10(2)14(19-4)6-5-12(9)13-7-8-17-15(18-13)11(3)16/h5-8,11H,16H2,1-4H3. The number of nitrogens with zero attached hydrogens (tertiary/aromatic N) is 2. The second kappa shape index (κ2) is 5.36. The Bertz CT molecular complexity index is 594. The van der Waals surface area contributed by atoms with E-state index in [0.717, 1.165) is 28.1 Å². The van der Waals surface area contributed by atoms with Gasteiger partial charge in [-0.2, -0.15) is 0 Å². The lowest BCUT2D eigenvalue weighted by atomic mass is 10.00. The van der Waals surface area contributed by atoms with Crippen LogP contribution in [0.5, 0.6) is 5.75 Å². The Hall–Kier alpha value is -1.94. The van der Waals surface area contributed by atoms with Crippen molar-refractivity contribution in [2.45, 2.75) is 26.8 Å². The fourth-order valence-corrected chi connectivity index (χ4v) is 2.04. The molecule has 1 heterocycles. The van der Waals surface area contributed by atoms with Crippen LogP contribution in [0.2, 0.25) is 0 Å². The summed E-state index contributed by atoms with van der Waals surface area (Å²) < 4.78 is 5.33. The van der Waals surface area contributed by atoms with E-state index in [0.29, 0.717) is 5.82 Å². The van der Waals surface area contributed by atoms with Gasteiger partial charge in [0.15, 0.2) is 0 Å². The smallest absolute Gasteiger partial charge is 0.145 e. The normalized spacial score (nSPS) is 12.3. The number of aromatic nitrogens is 2. The van der Waals surface area contributed by atoms with Gasteiger partial charge in [-0.1, -0.05) is 0 Å². The van der Waals surface area contributed by atoms with Crippen molar-refractivity contribution in [2.24, 2.45) is 5.73 Å². The van der Waals surface area contributed by atoms with Gasteiger partial charge in [-0.3, -0.25) is 0 Å². The molecular weight excluding hydrogens is 238 g/mol. The molecule has 0 aliphatic carbocycles. The van der Waals surface area contributed by atoms with Crippen molar-refractivity contribution in [3.8, 4) is 17.0 Å². The summed E-state index contributed by atoms with van der Waals surface area (Å²) in [6.45, 7) is 6.00. The monoisotopic (exact) mass is 257 g/mol. The van der Waals surface area contributed by atoms with Gasteiger partial charge >= 0.3 is 0 Å². The third-order valence-electron chi connectivity index (χ3n) is 3.31. The van der Waals surface area contributed by atoms with Crippen molar-refractivity contribution >= 4 is 0 Å². The van der Waals surface area contributed by atoms with E-state index >= 15 is 0 Å². The molecule has 0 saturated heterocycles. The summed E-state index contributed by atoms with van der Waals surface area (Å²) in [5.74, 6) is 1.55. The van der Waals surface area contributed by atoms with E-state index in [-0.39, 0.29) is 6.04 Å². The van der Waals surface area contributed by atoms with Crippen molar-refractivity contribution < 1.29 is 4.74 Å². The summed E-state index contributed by atoms with van der Waals surface area (Å²) in [5.41, 5.74) is 10.1. The average molecular weight is 257 g/mol. The Labute approximate surface area is 113 Å². The maximum absolute atomic E-state index is 5.83. The van der Waals surface area contributed by atoms with Crippen molar-refractivity contribution in [2.75, 3.05) is 7.11 Å². The van der Waals surface area contributed by atoms with Gasteiger partial charge in [0, 0.05) is 11.8 Å². The average Bonchev–Trinajstić information content (AvgIpc) is 2.42. The van der Waals surface area contributed by atoms with Gasteiger partial charge in [0.1, 0.15) is 11.6 Å². The third-order valence-corrected chi connectivity index (χ3v) is 3.31. The van der Waals surface area contributed by atoms with Crippen LogP contribution in [0.4, 0.5) is 0 Å². The summed E-state index contributed by atoms with van der Waals surface area (Å²) in [6, 6.07) is 5.72. The van der Waals surface area contributed by atoms with Crippen LogP contribution in [0.15, 0.2) is 24.4 Å². The second-order valence-corrected chi connectivity index (χ2v) is 4.65. The van der Waals surface area contributed by atoms with Crippen LogP contribution in [0.25, 0.3) is 11.3 Å². The largest absolute Gasteiger partial charge is 0.496 e. The lowest BCUT2D eigenvalue weighted by Crippen LogP contribution is -2.10. The van der Waals surface area contributed by atoms with E-state index in [1.165, 1.54) is 0 Å². The molecular formula is C15H19N3O. The third kappa shape index (κ3) is 2.58. The summed E-state index contributed by atoms with van der Waals surface area (Å²) >= 11 is 0. The topological polar surface area (TPSA) is 61.0 Å². The number of rotatable bonds is 3.